The van der Waals surface area contributed by atoms with Crippen LogP contribution in [0.3, 0.4) is 0 Å². The van der Waals surface area contributed by atoms with Crippen LogP contribution in [-0.2, 0) is 4.74 Å². The maximum atomic E-state index is 5.52. The second-order valence-electron chi connectivity index (χ2n) is 2.36. The molecule has 0 aliphatic carbocycles. The lowest BCUT2D eigenvalue weighted by Gasteiger charge is -2.27. The molecule has 1 rings (SSSR count). The molecule has 1 fully saturated rings. The molecule has 3 heteroatoms. The average Bonchev–Trinajstić information content (AvgIpc) is 1.88. The van der Waals surface area contributed by atoms with Gasteiger partial charge in [0.05, 0.1) is 6.10 Å². The molecule has 9 heavy (non-hydrogen) atoms. The van der Waals surface area contributed by atoms with Gasteiger partial charge in [-0.05, 0) is 6.42 Å². The molecule has 3 nitrogen and oxygen atoms in total. The maximum Gasteiger partial charge on any atom is 0.118 e. The van der Waals surface area contributed by atoms with E-state index in [0.29, 0.717) is 6.10 Å². The van der Waals surface area contributed by atoms with Gasteiger partial charge in [-0.1, -0.05) is 6.92 Å². The predicted octanol–water partition coefficient (Wildman–Crippen LogP) is -0.330. The molecular formula is C6H14N2O. The van der Waals surface area contributed by atoms with E-state index in [0.717, 1.165) is 19.5 Å². The molecule has 54 valence electrons. The number of hydrogen-bond donors (Lipinski definition) is 2. The normalized spacial score (nSPS) is 36.7. The third kappa shape index (κ3) is 1.93. The highest BCUT2D eigenvalue weighted by atomic mass is 16.5. The van der Waals surface area contributed by atoms with Crippen molar-refractivity contribution in [2.24, 2.45) is 5.73 Å². The van der Waals surface area contributed by atoms with Gasteiger partial charge < -0.3 is 15.8 Å². The lowest BCUT2D eigenvalue weighted by atomic mass is 10.2. The zero-order valence-corrected chi connectivity index (χ0v) is 5.76. The van der Waals surface area contributed by atoms with Crippen molar-refractivity contribution in [3.8, 4) is 0 Å². The largest absolute Gasteiger partial charge is 0.358 e. The molecule has 2 unspecified atom stereocenters. The Bertz CT molecular complexity index is 87.1. The maximum absolute atomic E-state index is 5.52. The quantitative estimate of drug-likeness (QED) is 0.511. The van der Waals surface area contributed by atoms with E-state index >= 15 is 0 Å². The predicted molar refractivity (Wildman–Crippen MR) is 36.0 cm³/mol. The van der Waals surface area contributed by atoms with Gasteiger partial charge in [0.25, 0.3) is 0 Å². The van der Waals surface area contributed by atoms with E-state index in [4.69, 9.17) is 10.5 Å². The fraction of sp³-hybridized carbons (Fsp3) is 1.00. The Kier molecular flexibility index (Phi) is 2.45. The topological polar surface area (TPSA) is 47.3 Å². The first-order chi connectivity index (χ1) is 4.33. The van der Waals surface area contributed by atoms with Crippen LogP contribution in [0.4, 0.5) is 0 Å². The lowest BCUT2D eigenvalue weighted by Crippen LogP contribution is -2.48. The molecule has 1 saturated heterocycles. The first kappa shape index (κ1) is 6.99. The zero-order valence-electron chi connectivity index (χ0n) is 5.76. The summed E-state index contributed by atoms with van der Waals surface area (Å²) >= 11 is 0. The van der Waals surface area contributed by atoms with Crippen molar-refractivity contribution in [1.29, 1.82) is 0 Å². The Labute approximate surface area is 55.6 Å². The van der Waals surface area contributed by atoms with Gasteiger partial charge in [-0.3, -0.25) is 0 Å². The summed E-state index contributed by atoms with van der Waals surface area (Å²) in [6.45, 7) is 3.84. The Morgan fingerprint density at radius 2 is 2.44 bits per heavy atom. The molecule has 0 aromatic rings. The van der Waals surface area contributed by atoms with Crippen molar-refractivity contribution in [2.75, 3.05) is 13.1 Å². The van der Waals surface area contributed by atoms with Crippen LogP contribution in [0.5, 0.6) is 0 Å². The van der Waals surface area contributed by atoms with Gasteiger partial charge in [-0.2, -0.15) is 0 Å². The number of nitrogens with two attached hydrogens (primary N) is 1. The van der Waals surface area contributed by atoms with Crippen LogP contribution in [0, 0.1) is 0 Å². The van der Waals surface area contributed by atoms with Crippen molar-refractivity contribution < 1.29 is 4.74 Å². The monoisotopic (exact) mass is 130 g/mol. The smallest absolute Gasteiger partial charge is 0.118 e. The summed E-state index contributed by atoms with van der Waals surface area (Å²) in [5.41, 5.74) is 5.52. The summed E-state index contributed by atoms with van der Waals surface area (Å²) in [4.78, 5) is 0. The SMILES string of the molecule is CCC1CNCC(N)O1. The standard InChI is InChI=1S/C6H14N2O/c1-2-5-3-8-4-6(7)9-5/h5-6,8H,2-4,7H2,1H3. The number of ether oxygens (including phenoxy) is 1. The van der Waals surface area contributed by atoms with E-state index < -0.39 is 0 Å². The van der Waals surface area contributed by atoms with E-state index in [1.807, 2.05) is 0 Å². The first-order valence-corrected chi connectivity index (χ1v) is 3.44. The van der Waals surface area contributed by atoms with E-state index in [9.17, 15) is 0 Å². The van der Waals surface area contributed by atoms with Crippen LogP contribution in [0.1, 0.15) is 13.3 Å². The molecule has 3 N–H and O–H groups in total. The number of hydrogen-bond acceptors (Lipinski definition) is 3. The third-order valence-corrected chi connectivity index (χ3v) is 1.54. The van der Waals surface area contributed by atoms with Crippen molar-refractivity contribution in [3.05, 3.63) is 0 Å². The van der Waals surface area contributed by atoms with Crippen molar-refractivity contribution in [3.63, 3.8) is 0 Å². The van der Waals surface area contributed by atoms with Crippen LogP contribution < -0.4 is 11.1 Å². The Morgan fingerprint density at radius 3 is 2.89 bits per heavy atom. The summed E-state index contributed by atoms with van der Waals surface area (Å²) in [7, 11) is 0. The molecular weight excluding hydrogens is 116 g/mol. The van der Waals surface area contributed by atoms with E-state index in [2.05, 4.69) is 12.2 Å². The van der Waals surface area contributed by atoms with Gasteiger partial charge in [0.15, 0.2) is 0 Å². The average molecular weight is 130 g/mol. The van der Waals surface area contributed by atoms with Gasteiger partial charge in [-0.15, -0.1) is 0 Å². The van der Waals surface area contributed by atoms with Gasteiger partial charge >= 0.3 is 0 Å². The molecule has 0 amide bonds. The van der Waals surface area contributed by atoms with Crippen LogP contribution >= 0.6 is 0 Å². The lowest BCUT2D eigenvalue weighted by molar-refractivity contribution is -0.0345. The fourth-order valence-corrected chi connectivity index (χ4v) is 0.971. The number of rotatable bonds is 1. The van der Waals surface area contributed by atoms with Crippen LogP contribution in [0.2, 0.25) is 0 Å². The molecule has 0 aromatic carbocycles. The highest BCUT2D eigenvalue weighted by Crippen LogP contribution is 2.02. The number of nitrogens with one attached hydrogen (secondary N) is 1. The van der Waals surface area contributed by atoms with Crippen LogP contribution in [0.25, 0.3) is 0 Å². The molecule has 0 radical (unpaired) electrons. The number of morpholine rings is 1. The first-order valence-electron chi connectivity index (χ1n) is 3.44. The highest BCUT2D eigenvalue weighted by molar-refractivity contribution is 4.68. The molecule has 2 atom stereocenters. The second kappa shape index (κ2) is 3.15. The van der Waals surface area contributed by atoms with Crippen molar-refractivity contribution >= 4 is 0 Å². The molecule has 0 bridgehead atoms. The van der Waals surface area contributed by atoms with E-state index in [1.165, 1.54) is 0 Å². The van der Waals surface area contributed by atoms with Crippen molar-refractivity contribution in [1.82, 2.24) is 5.32 Å². The molecule has 1 aliphatic heterocycles. The minimum absolute atomic E-state index is 0.0938. The summed E-state index contributed by atoms with van der Waals surface area (Å²) in [6, 6.07) is 0. The minimum atomic E-state index is -0.0938. The Morgan fingerprint density at radius 1 is 1.67 bits per heavy atom. The highest BCUT2D eigenvalue weighted by Gasteiger charge is 2.16. The van der Waals surface area contributed by atoms with Gasteiger partial charge in [0.1, 0.15) is 6.23 Å². The van der Waals surface area contributed by atoms with Gasteiger partial charge in [-0.25, -0.2) is 0 Å². The zero-order chi connectivity index (χ0) is 6.69. The molecule has 0 saturated carbocycles. The van der Waals surface area contributed by atoms with Gasteiger partial charge in [0, 0.05) is 13.1 Å². The summed E-state index contributed by atoms with van der Waals surface area (Å²) < 4.78 is 5.35. The molecule has 0 spiro atoms. The molecule has 1 heterocycles. The second-order valence-corrected chi connectivity index (χ2v) is 2.36. The van der Waals surface area contributed by atoms with E-state index in [1.54, 1.807) is 0 Å². The third-order valence-electron chi connectivity index (χ3n) is 1.54. The van der Waals surface area contributed by atoms with Crippen LogP contribution in [0.15, 0.2) is 0 Å². The van der Waals surface area contributed by atoms with Crippen molar-refractivity contribution in [2.45, 2.75) is 25.7 Å². The fourth-order valence-electron chi connectivity index (χ4n) is 0.971. The summed E-state index contributed by atoms with van der Waals surface area (Å²) in [5.74, 6) is 0. The van der Waals surface area contributed by atoms with Crippen LogP contribution in [-0.4, -0.2) is 25.4 Å². The minimum Gasteiger partial charge on any atom is -0.358 e. The molecule has 1 aliphatic rings. The summed E-state index contributed by atoms with van der Waals surface area (Å²) in [5, 5.41) is 3.19. The Hall–Kier alpha value is -0.120. The summed E-state index contributed by atoms with van der Waals surface area (Å²) in [6.07, 6.45) is 1.28. The Balaban J connectivity index is 2.23. The van der Waals surface area contributed by atoms with E-state index in [-0.39, 0.29) is 6.23 Å². The van der Waals surface area contributed by atoms with Gasteiger partial charge in [0.2, 0.25) is 0 Å². The molecule has 0 aromatic heterocycles.